The molecular formula is C13H23N5. The van der Waals surface area contributed by atoms with E-state index in [1.807, 2.05) is 6.92 Å². The number of aromatic nitrogens is 2. The molecule has 5 heteroatoms. The van der Waals surface area contributed by atoms with E-state index in [0.717, 1.165) is 54.2 Å². The number of aryl methyl sites for hydroxylation is 1. The Labute approximate surface area is 109 Å². The van der Waals surface area contributed by atoms with Gasteiger partial charge in [0.1, 0.15) is 17.5 Å². The lowest BCUT2D eigenvalue weighted by atomic mass is 10.2. The van der Waals surface area contributed by atoms with Crippen molar-refractivity contribution in [1.29, 1.82) is 0 Å². The molecule has 4 N–H and O–H groups in total. The highest BCUT2D eigenvalue weighted by molar-refractivity contribution is 5.56. The van der Waals surface area contributed by atoms with E-state index in [1.165, 1.54) is 6.42 Å². The van der Waals surface area contributed by atoms with Gasteiger partial charge in [-0.15, -0.1) is 0 Å². The lowest BCUT2D eigenvalue weighted by molar-refractivity contribution is 0.777. The summed E-state index contributed by atoms with van der Waals surface area (Å²) in [6.45, 7) is 7.39. The van der Waals surface area contributed by atoms with E-state index in [-0.39, 0.29) is 0 Å². The van der Waals surface area contributed by atoms with Gasteiger partial charge < -0.3 is 10.7 Å². The molecule has 1 fully saturated rings. The Morgan fingerprint density at radius 3 is 2.56 bits per heavy atom. The fourth-order valence-electron chi connectivity index (χ4n) is 2.12. The van der Waals surface area contributed by atoms with Crippen molar-refractivity contribution in [3.63, 3.8) is 0 Å². The van der Waals surface area contributed by atoms with Gasteiger partial charge in [0.15, 0.2) is 0 Å². The molecule has 1 aromatic rings. The fourth-order valence-corrected chi connectivity index (χ4v) is 2.12. The number of nitrogen functional groups attached to an aromatic ring is 1. The molecule has 0 radical (unpaired) electrons. The number of nitrogens with two attached hydrogens (primary N) is 1. The maximum absolute atomic E-state index is 5.51. The first kappa shape index (κ1) is 13.1. The highest BCUT2D eigenvalue weighted by Crippen LogP contribution is 2.37. The van der Waals surface area contributed by atoms with Gasteiger partial charge in [-0.2, -0.15) is 0 Å². The lowest BCUT2D eigenvalue weighted by Crippen LogP contribution is -2.16. The molecule has 1 aliphatic rings. The molecule has 0 bridgehead atoms. The fraction of sp³-hybridized carbons (Fsp3) is 0.692. The van der Waals surface area contributed by atoms with Crippen molar-refractivity contribution >= 4 is 11.6 Å². The maximum atomic E-state index is 5.51. The number of rotatable bonds is 6. The van der Waals surface area contributed by atoms with E-state index in [9.17, 15) is 0 Å². The van der Waals surface area contributed by atoms with Gasteiger partial charge in [-0.05, 0) is 31.6 Å². The van der Waals surface area contributed by atoms with E-state index in [4.69, 9.17) is 5.84 Å². The van der Waals surface area contributed by atoms with Crippen LogP contribution in [0.25, 0.3) is 0 Å². The van der Waals surface area contributed by atoms with Gasteiger partial charge in [0.05, 0.1) is 0 Å². The van der Waals surface area contributed by atoms with Crippen LogP contribution in [0.4, 0.5) is 11.6 Å². The normalized spacial score (nSPS) is 21.8. The molecule has 2 unspecified atom stereocenters. The molecule has 0 aliphatic heterocycles. The largest absolute Gasteiger partial charge is 0.369 e. The molecule has 2 atom stereocenters. The first-order valence-corrected chi connectivity index (χ1v) is 6.73. The topological polar surface area (TPSA) is 75.9 Å². The second-order valence-electron chi connectivity index (χ2n) is 5.21. The molecule has 18 heavy (non-hydrogen) atoms. The van der Waals surface area contributed by atoms with Crippen LogP contribution >= 0.6 is 0 Å². The smallest absolute Gasteiger partial charge is 0.148 e. The highest BCUT2D eigenvalue weighted by Gasteiger charge is 2.32. The minimum Gasteiger partial charge on any atom is -0.369 e. The first-order chi connectivity index (χ1) is 8.65. The third kappa shape index (κ3) is 2.90. The Morgan fingerprint density at radius 1 is 1.33 bits per heavy atom. The molecule has 0 aromatic carbocycles. The minimum absolute atomic E-state index is 0.722. The van der Waals surface area contributed by atoms with Gasteiger partial charge in [0.2, 0.25) is 0 Å². The van der Waals surface area contributed by atoms with Crippen molar-refractivity contribution in [2.75, 3.05) is 17.3 Å². The van der Waals surface area contributed by atoms with Gasteiger partial charge in [0.25, 0.3) is 0 Å². The molecule has 1 aromatic heterocycles. The van der Waals surface area contributed by atoms with Crippen molar-refractivity contribution in [3.8, 4) is 0 Å². The van der Waals surface area contributed by atoms with E-state index in [2.05, 4.69) is 34.6 Å². The zero-order chi connectivity index (χ0) is 13.1. The SMILES string of the molecule is CCCc1nc(NN)c(C)c(NCC2CC2C)n1. The molecule has 1 saturated carbocycles. The van der Waals surface area contributed by atoms with Gasteiger partial charge >= 0.3 is 0 Å². The van der Waals surface area contributed by atoms with Crippen LogP contribution in [-0.4, -0.2) is 16.5 Å². The Hall–Kier alpha value is -1.36. The van der Waals surface area contributed by atoms with Crippen LogP contribution in [0.5, 0.6) is 0 Å². The number of hydrogen-bond acceptors (Lipinski definition) is 5. The van der Waals surface area contributed by atoms with Crippen LogP contribution in [-0.2, 0) is 6.42 Å². The number of hydrogen-bond donors (Lipinski definition) is 3. The third-order valence-electron chi connectivity index (χ3n) is 3.61. The van der Waals surface area contributed by atoms with Crippen molar-refractivity contribution < 1.29 is 0 Å². The van der Waals surface area contributed by atoms with Crippen LogP contribution in [0.3, 0.4) is 0 Å². The van der Waals surface area contributed by atoms with Crippen LogP contribution in [0.15, 0.2) is 0 Å². The second kappa shape index (κ2) is 5.52. The molecule has 1 heterocycles. The Kier molecular flexibility index (Phi) is 4.01. The summed E-state index contributed by atoms with van der Waals surface area (Å²) >= 11 is 0. The van der Waals surface area contributed by atoms with Crippen LogP contribution in [0.2, 0.25) is 0 Å². The molecule has 5 nitrogen and oxygen atoms in total. The van der Waals surface area contributed by atoms with Crippen molar-refractivity contribution in [2.45, 2.75) is 40.0 Å². The van der Waals surface area contributed by atoms with E-state index < -0.39 is 0 Å². The van der Waals surface area contributed by atoms with Gasteiger partial charge in [-0.3, -0.25) is 0 Å². The van der Waals surface area contributed by atoms with Crippen LogP contribution < -0.4 is 16.6 Å². The average molecular weight is 249 g/mol. The summed E-state index contributed by atoms with van der Waals surface area (Å²) in [5.74, 6) is 9.64. The van der Waals surface area contributed by atoms with E-state index in [0.29, 0.717) is 0 Å². The van der Waals surface area contributed by atoms with Gasteiger partial charge in [-0.1, -0.05) is 13.8 Å². The predicted octanol–water partition coefficient (Wildman–Crippen LogP) is 2.09. The van der Waals surface area contributed by atoms with Crippen molar-refractivity contribution in [1.82, 2.24) is 9.97 Å². The first-order valence-electron chi connectivity index (χ1n) is 6.73. The molecule has 100 valence electrons. The van der Waals surface area contributed by atoms with E-state index >= 15 is 0 Å². The number of anilines is 2. The Bertz CT molecular complexity index is 418. The average Bonchev–Trinajstić information content (AvgIpc) is 3.06. The zero-order valence-electron chi connectivity index (χ0n) is 11.5. The Balaban J connectivity index is 2.12. The quantitative estimate of drug-likeness (QED) is 0.531. The molecule has 0 saturated heterocycles. The summed E-state index contributed by atoms with van der Waals surface area (Å²) in [4.78, 5) is 8.99. The van der Waals surface area contributed by atoms with Gasteiger partial charge in [-0.25, -0.2) is 15.8 Å². The summed E-state index contributed by atoms with van der Waals surface area (Å²) in [6.07, 6.45) is 3.23. The number of nitrogens with zero attached hydrogens (tertiary/aromatic N) is 2. The molecular weight excluding hydrogens is 226 g/mol. The number of nitrogens with one attached hydrogen (secondary N) is 2. The van der Waals surface area contributed by atoms with Crippen LogP contribution in [0.1, 0.15) is 38.1 Å². The highest BCUT2D eigenvalue weighted by atomic mass is 15.3. The summed E-state index contributed by atoms with van der Waals surface area (Å²) in [5.41, 5.74) is 3.65. The molecule has 0 amide bonds. The molecule has 0 spiro atoms. The second-order valence-corrected chi connectivity index (χ2v) is 5.21. The summed E-state index contributed by atoms with van der Waals surface area (Å²) in [6, 6.07) is 0. The standard InChI is InChI=1S/C13H23N5/c1-4-5-11-16-12(9(3)13(17-11)18-14)15-7-10-6-8(10)2/h8,10H,4-7,14H2,1-3H3,(H2,15,16,17,18). The van der Waals surface area contributed by atoms with Crippen LogP contribution in [0, 0.1) is 18.8 Å². The summed E-state index contributed by atoms with van der Waals surface area (Å²) < 4.78 is 0. The van der Waals surface area contributed by atoms with Crippen molar-refractivity contribution in [3.05, 3.63) is 11.4 Å². The van der Waals surface area contributed by atoms with E-state index in [1.54, 1.807) is 0 Å². The van der Waals surface area contributed by atoms with Crippen molar-refractivity contribution in [2.24, 2.45) is 17.7 Å². The summed E-state index contributed by atoms with van der Waals surface area (Å²) in [5, 5.41) is 3.43. The zero-order valence-corrected chi connectivity index (χ0v) is 11.5. The lowest BCUT2D eigenvalue weighted by Gasteiger charge is -2.13. The molecule has 2 rings (SSSR count). The summed E-state index contributed by atoms with van der Waals surface area (Å²) in [7, 11) is 0. The Morgan fingerprint density at radius 2 is 2.00 bits per heavy atom. The molecule has 1 aliphatic carbocycles. The van der Waals surface area contributed by atoms with Gasteiger partial charge in [0, 0.05) is 18.5 Å². The third-order valence-corrected chi connectivity index (χ3v) is 3.61. The monoisotopic (exact) mass is 249 g/mol. The minimum atomic E-state index is 0.722. The maximum Gasteiger partial charge on any atom is 0.148 e. The number of hydrazine groups is 1. The predicted molar refractivity (Wildman–Crippen MR) is 74.3 cm³/mol.